The Morgan fingerprint density at radius 2 is 1.54 bits per heavy atom. The first kappa shape index (κ1) is 26.1. The monoisotopic (exact) mass is 481 g/mol. The summed E-state index contributed by atoms with van der Waals surface area (Å²) in [5.74, 6) is 0.847. The highest BCUT2D eigenvalue weighted by Gasteiger charge is 2.28. The lowest BCUT2D eigenvalue weighted by Gasteiger charge is -2.31. The van der Waals surface area contributed by atoms with Crippen molar-refractivity contribution in [2.45, 2.75) is 39.3 Å². The molecule has 3 rings (SSSR count). The summed E-state index contributed by atoms with van der Waals surface area (Å²) in [7, 11) is 4.88. The van der Waals surface area contributed by atoms with E-state index in [0.717, 1.165) is 5.56 Å². The molecule has 0 aromatic heterocycles. The van der Waals surface area contributed by atoms with Gasteiger partial charge in [-0.2, -0.15) is 0 Å². The zero-order valence-electron chi connectivity index (χ0n) is 21.2. The maximum Gasteiger partial charge on any atom is 0.254 e. The normalized spacial score (nSPS) is 13.9. The Hall–Kier alpha value is -3.55. The minimum Gasteiger partial charge on any atom is -0.497 e. The lowest BCUT2D eigenvalue weighted by molar-refractivity contribution is -0.126. The minimum absolute atomic E-state index is 0.0140. The molecule has 3 amide bonds. The number of methoxy groups -OCH3 is 2. The van der Waals surface area contributed by atoms with Crippen molar-refractivity contribution in [3.05, 3.63) is 59.2 Å². The van der Waals surface area contributed by atoms with Crippen LogP contribution in [0.15, 0.2) is 42.5 Å². The third-order valence-corrected chi connectivity index (χ3v) is 6.51. The second-order valence-electron chi connectivity index (χ2n) is 9.09. The first-order valence-corrected chi connectivity index (χ1v) is 11.9. The molecule has 0 aliphatic carbocycles. The van der Waals surface area contributed by atoms with Gasteiger partial charge in [0, 0.05) is 55.8 Å². The van der Waals surface area contributed by atoms with Crippen molar-refractivity contribution >= 4 is 17.7 Å². The van der Waals surface area contributed by atoms with Crippen molar-refractivity contribution in [1.29, 1.82) is 0 Å². The fourth-order valence-corrected chi connectivity index (χ4v) is 4.00. The van der Waals surface area contributed by atoms with E-state index in [1.807, 2.05) is 26.0 Å². The van der Waals surface area contributed by atoms with E-state index >= 15 is 0 Å². The van der Waals surface area contributed by atoms with Crippen LogP contribution in [0.25, 0.3) is 0 Å². The summed E-state index contributed by atoms with van der Waals surface area (Å²) in [6.45, 7) is 5.36. The Balaban J connectivity index is 1.50. The molecule has 8 nitrogen and oxygen atoms in total. The van der Waals surface area contributed by atoms with Crippen molar-refractivity contribution in [3.8, 4) is 11.5 Å². The third-order valence-electron chi connectivity index (χ3n) is 6.51. The van der Waals surface area contributed by atoms with E-state index in [-0.39, 0.29) is 29.7 Å². The van der Waals surface area contributed by atoms with E-state index in [1.165, 1.54) is 0 Å². The van der Waals surface area contributed by atoms with E-state index in [1.54, 1.807) is 61.4 Å². The van der Waals surface area contributed by atoms with Gasteiger partial charge >= 0.3 is 0 Å². The van der Waals surface area contributed by atoms with Crippen LogP contribution in [0.4, 0.5) is 0 Å². The molecule has 2 aromatic rings. The van der Waals surface area contributed by atoms with Gasteiger partial charge in [-0.3, -0.25) is 14.4 Å². The number of carbonyl (C=O) groups excluding carboxylic acids is 3. The summed E-state index contributed by atoms with van der Waals surface area (Å²) in [6, 6.07) is 12.6. The van der Waals surface area contributed by atoms with Crippen LogP contribution in [0, 0.1) is 5.92 Å². The number of benzene rings is 2. The zero-order valence-corrected chi connectivity index (χ0v) is 21.2. The molecule has 1 fully saturated rings. The molecule has 188 valence electrons. The summed E-state index contributed by atoms with van der Waals surface area (Å²) >= 11 is 0. The first-order chi connectivity index (χ1) is 16.7. The number of ether oxygens (including phenoxy) is 2. The summed E-state index contributed by atoms with van der Waals surface area (Å²) in [5, 5.41) is 2.99. The number of hydrogen-bond acceptors (Lipinski definition) is 5. The van der Waals surface area contributed by atoms with Crippen molar-refractivity contribution in [3.63, 3.8) is 0 Å². The number of piperidine rings is 1. The van der Waals surface area contributed by atoms with Crippen LogP contribution in [0.1, 0.15) is 53.0 Å². The molecule has 1 heterocycles. The highest BCUT2D eigenvalue weighted by atomic mass is 16.5. The molecular weight excluding hydrogens is 446 g/mol. The SMILES string of the molecule is COc1cc(OC)cc(C(=O)N2CCC(C(=O)NCc3ccc(C(=O)N(C)C(C)C)cc3)CC2)c1. The second kappa shape index (κ2) is 11.7. The summed E-state index contributed by atoms with van der Waals surface area (Å²) in [6.07, 6.45) is 1.21. The zero-order chi connectivity index (χ0) is 25.5. The van der Waals surface area contributed by atoms with Gasteiger partial charge in [0.25, 0.3) is 11.8 Å². The van der Waals surface area contributed by atoms with E-state index in [2.05, 4.69) is 5.32 Å². The fourth-order valence-electron chi connectivity index (χ4n) is 4.00. The number of hydrogen-bond donors (Lipinski definition) is 1. The quantitative estimate of drug-likeness (QED) is 0.625. The molecule has 8 heteroatoms. The lowest BCUT2D eigenvalue weighted by Crippen LogP contribution is -2.42. The molecule has 0 atom stereocenters. The van der Waals surface area contributed by atoms with Gasteiger partial charge in [0.1, 0.15) is 11.5 Å². The maximum absolute atomic E-state index is 13.0. The summed E-state index contributed by atoms with van der Waals surface area (Å²) < 4.78 is 10.5. The van der Waals surface area contributed by atoms with Crippen LogP contribution in [0.5, 0.6) is 11.5 Å². The van der Waals surface area contributed by atoms with Gasteiger partial charge in [0.2, 0.25) is 5.91 Å². The van der Waals surface area contributed by atoms with E-state index in [4.69, 9.17) is 9.47 Å². The van der Waals surface area contributed by atoms with E-state index in [9.17, 15) is 14.4 Å². The van der Waals surface area contributed by atoms with Gasteiger partial charge in [-0.15, -0.1) is 0 Å². The Bertz CT molecular complexity index is 1020. The predicted molar refractivity (Wildman–Crippen MR) is 134 cm³/mol. The van der Waals surface area contributed by atoms with Gasteiger partial charge in [-0.05, 0) is 56.5 Å². The minimum atomic E-state index is -0.139. The van der Waals surface area contributed by atoms with Gasteiger partial charge in [-0.1, -0.05) is 12.1 Å². The molecule has 0 spiro atoms. The van der Waals surface area contributed by atoms with E-state index in [0.29, 0.717) is 55.1 Å². The largest absolute Gasteiger partial charge is 0.497 e. The highest BCUT2D eigenvalue weighted by molar-refractivity contribution is 5.95. The molecule has 0 unspecified atom stereocenters. The number of carbonyl (C=O) groups is 3. The van der Waals surface area contributed by atoms with Crippen molar-refractivity contribution in [2.24, 2.45) is 5.92 Å². The van der Waals surface area contributed by atoms with Crippen LogP contribution in [0.2, 0.25) is 0 Å². The summed E-state index contributed by atoms with van der Waals surface area (Å²) in [4.78, 5) is 41.6. The smallest absolute Gasteiger partial charge is 0.254 e. The van der Waals surface area contributed by atoms with Gasteiger partial charge < -0.3 is 24.6 Å². The van der Waals surface area contributed by atoms with Crippen LogP contribution < -0.4 is 14.8 Å². The standard InChI is InChI=1S/C27H35N3O5/c1-18(2)29(3)26(32)21-8-6-19(7-9-21)17-28-25(31)20-10-12-30(13-11-20)27(33)22-14-23(34-4)16-24(15-22)35-5/h6-9,14-16,18,20H,10-13,17H2,1-5H3,(H,28,31). The van der Waals surface area contributed by atoms with Gasteiger partial charge in [-0.25, -0.2) is 0 Å². The molecule has 1 N–H and O–H groups in total. The van der Waals surface area contributed by atoms with Crippen LogP contribution in [-0.2, 0) is 11.3 Å². The maximum atomic E-state index is 13.0. The first-order valence-electron chi connectivity index (χ1n) is 11.9. The number of amides is 3. The molecule has 0 radical (unpaired) electrons. The molecule has 2 aromatic carbocycles. The predicted octanol–water partition coefficient (Wildman–Crippen LogP) is 3.35. The van der Waals surface area contributed by atoms with Gasteiger partial charge in [0.15, 0.2) is 0 Å². The van der Waals surface area contributed by atoms with Crippen molar-refractivity contribution < 1.29 is 23.9 Å². The van der Waals surface area contributed by atoms with Crippen LogP contribution >= 0.6 is 0 Å². The number of rotatable bonds is 8. The molecular formula is C27H35N3O5. The molecule has 1 saturated heterocycles. The van der Waals surface area contributed by atoms with Gasteiger partial charge in [0.05, 0.1) is 14.2 Å². The van der Waals surface area contributed by atoms with Crippen LogP contribution in [0.3, 0.4) is 0 Å². The molecule has 35 heavy (non-hydrogen) atoms. The highest BCUT2D eigenvalue weighted by Crippen LogP contribution is 2.25. The van der Waals surface area contributed by atoms with Crippen molar-refractivity contribution in [1.82, 2.24) is 15.1 Å². The average molecular weight is 482 g/mol. The Morgan fingerprint density at radius 3 is 2.06 bits per heavy atom. The number of nitrogens with zero attached hydrogens (tertiary/aromatic N) is 2. The molecule has 0 bridgehead atoms. The Morgan fingerprint density at radius 1 is 0.971 bits per heavy atom. The second-order valence-corrected chi connectivity index (χ2v) is 9.09. The van der Waals surface area contributed by atoms with Crippen LogP contribution in [-0.4, -0.2) is 67.9 Å². The molecule has 1 aliphatic rings. The summed E-state index contributed by atoms with van der Waals surface area (Å²) in [5.41, 5.74) is 2.06. The van der Waals surface area contributed by atoms with Crippen molar-refractivity contribution in [2.75, 3.05) is 34.4 Å². The number of likely N-dealkylation sites (tertiary alicyclic amines) is 1. The lowest BCUT2D eigenvalue weighted by atomic mass is 9.95. The number of nitrogens with one attached hydrogen (secondary N) is 1. The fraction of sp³-hybridized carbons (Fsp3) is 0.444. The topological polar surface area (TPSA) is 88.2 Å². The average Bonchev–Trinajstić information content (AvgIpc) is 2.90. The molecule has 0 saturated carbocycles. The molecule has 1 aliphatic heterocycles. The Labute approximate surface area is 207 Å². The Kier molecular flexibility index (Phi) is 8.73. The van der Waals surface area contributed by atoms with E-state index < -0.39 is 0 Å². The third kappa shape index (κ3) is 6.53.